The van der Waals surface area contributed by atoms with E-state index in [0.717, 1.165) is 43.2 Å². The minimum atomic E-state index is -0.436. The van der Waals surface area contributed by atoms with Gasteiger partial charge in [0.2, 0.25) is 11.8 Å². The van der Waals surface area contributed by atoms with Gasteiger partial charge in [-0.25, -0.2) is 0 Å². The lowest BCUT2D eigenvalue weighted by Gasteiger charge is -2.38. The fourth-order valence-corrected chi connectivity index (χ4v) is 4.70. The number of aromatic nitrogens is 2. The summed E-state index contributed by atoms with van der Waals surface area (Å²) in [5.41, 5.74) is 1.45. The van der Waals surface area contributed by atoms with Crippen LogP contribution in [0.15, 0.2) is 0 Å². The summed E-state index contributed by atoms with van der Waals surface area (Å²) in [5, 5.41) is 10.3. The van der Waals surface area contributed by atoms with Crippen molar-refractivity contribution in [3.63, 3.8) is 0 Å². The maximum Gasteiger partial charge on any atom is 0.226 e. The van der Waals surface area contributed by atoms with Crippen molar-refractivity contribution in [1.29, 1.82) is 0 Å². The molecule has 0 spiro atoms. The Balaban J connectivity index is 1.44. The number of likely N-dealkylation sites (tertiary alicyclic amines) is 1. The molecule has 0 bridgehead atoms. The molecule has 2 N–H and O–H groups in total. The van der Waals surface area contributed by atoms with Crippen LogP contribution in [0.25, 0.3) is 0 Å². The summed E-state index contributed by atoms with van der Waals surface area (Å²) in [4.78, 5) is 30.1. The third-order valence-corrected chi connectivity index (χ3v) is 6.53. The Hall–Kier alpha value is -1.89. The third kappa shape index (κ3) is 3.56. The number of hydrogen-bond donors (Lipinski definition) is 2. The normalized spacial score (nSPS) is 22.5. The van der Waals surface area contributed by atoms with E-state index in [1.165, 1.54) is 12.8 Å². The highest BCUT2D eigenvalue weighted by Gasteiger charge is 2.46. The number of piperidine rings is 1. The van der Waals surface area contributed by atoms with E-state index in [1.54, 1.807) is 0 Å². The van der Waals surface area contributed by atoms with E-state index in [9.17, 15) is 9.59 Å². The summed E-state index contributed by atoms with van der Waals surface area (Å²) >= 11 is 0. The molecule has 3 heterocycles. The first-order chi connectivity index (χ1) is 13.3. The molecule has 1 aliphatic carbocycles. The van der Waals surface area contributed by atoms with Gasteiger partial charge in [0.15, 0.2) is 5.82 Å². The average molecular weight is 388 g/mol. The quantitative estimate of drug-likeness (QED) is 0.814. The van der Waals surface area contributed by atoms with Crippen molar-refractivity contribution in [2.45, 2.75) is 77.9 Å². The molecule has 28 heavy (non-hydrogen) atoms. The Morgan fingerprint density at radius 1 is 1.21 bits per heavy atom. The van der Waals surface area contributed by atoms with Crippen LogP contribution >= 0.6 is 0 Å². The largest absolute Gasteiger partial charge is 0.327 e. The zero-order valence-electron chi connectivity index (χ0n) is 17.5. The number of hydrogen-bond acceptors (Lipinski definition) is 4. The Labute approximate surface area is 167 Å². The molecule has 1 saturated heterocycles. The summed E-state index contributed by atoms with van der Waals surface area (Å²) in [6.45, 7) is 10.8. The first-order valence-corrected chi connectivity index (χ1v) is 10.7. The van der Waals surface area contributed by atoms with E-state index in [-0.39, 0.29) is 17.7 Å². The van der Waals surface area contributed by atoms with Crippen LogP contribution < -0.4 is 5.32 Å². The Bertz CT molecular complexity index is 757. The van der Waals surface area contributed by atoms with Crippen molar-refractivity contribution in [3.8, 4) is 0 Å². The Morgan fingerprint density at radius 2 is 1.89 bits per heavy atom. The van der Waals surface area contributed by atoms with Gasteiger partial charge >= 0.3 is 0 Å². The lowest BCUT2D eigenvalue weighted by molar-refractivity contribution is -0.142. The standard InChI is InChI=1S/C21H33N5O2/c1-13(2)11-17(27)22-19-16-12-26(21(3,4)18(16)23-24-19)20(28)14-7-9-25(10-8-14)15-5-6-15/h13-15H,5-12H2,1-4H3,(H2,22,23,24,27). The van der Waals surface area contributed by atoms with Crippen molar-refractivity contribution in [2.75, 3.05) is 18.4 Å². The average Bonchev–Trinajstić information content (AvgIpc) is 3.35. The highest BCUT2D eigenvalue weighted by molar-refractivity contribution is 5.91. The van der Waals surface area contributed by atoms with Crippen molar-refractivity contribution in [2.24, 2.45) is 11.8 Å². The molecular formula is C21H33N5O2. The summed E-state index contributed by atoms with van der Waals surface area (Å²) in [6.07, 6.45) is 5.01. The number of H-pyrrole nitrogens is 1. The molecule has 1 aromatic heterocycles. The van der Waals surface area contributed by atoms with E-state index < -0.39 is 5.54 Å². The van der Waals surface area contributed by atoms with E-state index in [0.29, 0.717) is 24.7 Å². The number of amides is 2. The van der Waals surface area contributed by atoms with Crippen LogP contribution in [-0.4, -0.2) is 50.9 Å². The lowest BCUT2D eigenvalue weighted by Crippen LogP contribution is -2.47. The van der Waals surface area contributed by atoms with Crippen LogP contribution in [0, 0.1) is 11.8 Å². The minimum absolute atomic E-state index is 0.0284. The van der Waals surface area contributed by atoms with E-state index in [1.807, 2.05) is 18.7 Å². The minimum Gasteiger partial charge on any atom is -0.327 e. The van der Waals surface area contributed by atoms with E-state index in [4.69, 9.17) is 0 Å². The summed E-state index contributed by atoms with van der Waals surface area (Å²) in [7, 11) is 0. The summed E-state index contributed by atoms with van der Waals surface area (Å²) < 4.78 is 0. The van der Waals surface area contributed by atoms with Gasteiger partial charge in [-0.1, -0.05) is 13.8 Å². The number of rotatable bonds is 5. The maximum absolute atomic E-state index is 13.3. The molecule has 3 aliphatic rings. The number of fused-ring (bicyclic) bond motifs is 1. The molecule has 0 atom stereocenters. The second-order valence-corrected chi connectivity index (χ2v) is 9.60. The first-order valence-electron chi connectivity index (χ1n) is 10.7. The number of nitrogens with zero attached hydrogens (tertiary/aromatic N) is 3. The molecule has 1 aromatic rings. The topological polar surface area (TPSA) is 81.3 Å². The van der Waals surface area contributed by atoms with Crippen LogP contribution in [-0.2, 0) is 21.7 Å². The zero-order chi connectivity index (χ0) is 20.1. The van der Waals surface area contributed by atoms with Gasteiger partial charge in [-0.3, -0.25) is 14.7 Å². The zero-order valence-corrected chi connectivity index (χ0v) is 17.5. The summed E-state index contributed by atoms with van der Waals surface area (Å²) in [5.74, 6) is 1.18. The van der Waals surface area contributed by atoms with Crippen molar-refractivity contribution < 1.29 is 9.59 Å². The van der Waals surface area contributed by atoms with Gasteiger partial charge in [0.1, 0.15) is 0 Å². The highest BCUT2D eigenvalue weighted by Crippen LogP contribution is 2.42. The molecular weight excluding hydrogens is 354 g/mol. The SMILES string of the molecule is CC(C)CC(=O)Nc1n[nH]c2c1CN(C(=O)C1CCN(C3CC3)CC1)C2(C)C. The molecule has 0 unspecified atom stereocenters. The molecule has 7 nitrogen and oxygen atoms in total. The molecule has 2 fully saturated rings. The molecule has 1 saturated carbocycles. The monoisotopic (exact) mass is 387 g/mol. The molecule has 7 heteroatoms. The smallest absolute Gasteiger partial charge is 0.226 e. The maximum atomic E-state index is 13.3. The molecule has 154 valence electrons. The molecule has 2 amide bonds. The van der Waals surface area contributed by atoms with E-state index >= 15 is 0 Å². The summed E-state index contributed by atoms with van der Waals surface area (Å²) in [6, 6.07) is 0.780. The fourth-order valence-electron chi connectivity index (χ4n) is 4.70. The lowest BCUT2D eigenvalue weighted by atomic mass is 9.92. The van der Waals surface area contributed by atoms with Gasteiger partial charge in [0, 0.05) is 23.9 Å². The number of carbonyl (C=O) groups is 2. The highest BCUT2D eigenvalue weighted by atomic mass is 16.2. The van der Waals surface area contributed by atoms with Gasteiger partial charge in [-0.05, 0) is 58.5 Å². The van der Waals surface area contributed by atoms with Gasteiger partial charge in [-0.15, -0.1) is 0 Å². The van der Waals surface area contributed by atoms with Crippen molar-refractivity contribution >= 4 is 17.6 Å². The van der Waals surface area contributed by atoms with Gasteiger partial charge in [0.05, 0.1) is 17.8 Å². The predicted octanol–water partition coefficient (Wildman–Crippen LogP) is 2.85. The number of nitrogens with one attached hydrogen (secondary N) is 2. The fraction of sp³-hybridized carbons (Fsp3) is 0.762. The molecule has 2 aliphatic heterocycles. The first kappa shape index (κ1) is 19.4. The van der Waals surface area contributed by atoms with Gasteiger partial charge in [0.25, 0.3) is 0 Å². The molecule has 4 rings (SSSR count). The molecule has 0 aromatic carbocycles. The number of carbonyl (C=O) groups excluding carboxylic acids is 2. The van der Waals surface area contributed by atoms with Crippen LogP contribution in [0.4, 0.5) is 5.82 Å². The van der Waals surface area contributed by atoms with Crippen molar-refractivity contribution in [1.82, 2.24) is 20.0 Å². The Kier molecular flexibility index (Phi) is 4.98. The number of anilines is 1. The van der Waals surface area contributed by atoms with Crippen LogP contribution in [0.2, 0.25) is 0 Å². The van der Waals surface area contributed by atoms with Gasteiger partial charge < -0.3 is 15.1 Å². The molecule has 0 radical (unpaired) electrons. The second kappa shape index (κ2) is 7.17. The number of aromatic amines is 1. The second-order valence-electron chi connectivity index (χ2n) is 9.60. The van der Waals surface area contributed by atoms with Crippen LogP contribution in [0.1, 0.15) is 71.1 Å². The van der Waals surface area contributed by atoms with E-state index in [2.05, 4.69) is 34.3 Å². The predicted molar refractivity (Wildman–Crippen MR) is 108 cm³/mol. The van der Waals surface area contributed by atoms with Crippen LogP contribution in [0.5, 0.6) is 0 Å². The third-order valence-electron chi connectivity index (χ3n) is 6.53. The van der Waals surface area contributed by atoms with Gasteiger partial charge in [-0.2, -0.15) is 5.10 Å². The van der Waals surface area contributed by atoms with Crippen molar-refractivity contribution in [3.05, 3.63) is 11.3 Å². The Morgan fingerprint density at radius 3 is 2.50 bits per heavy atom. The van der Waals surface area contributed by atoms with Crippen LogP contribution in [0.3, 0.4) is 0 Å².